The minimum atomic E-state index is -4.79. The number of carbonyl (C=O) groups excluding carboxylic acids is 4. The summed E-state index contributed by atoms with van der Waals surface area (Å²) < 4.78 is 52.9. The normalized spacial score (nSPS) is 19.1. The first-order valence-electron chi connectivity index (χ1n) is 24.7. The molecule has 0 radical (unpaired) electrons. The third-order valence-corrected chi connectivity index (χ3v) is 15.3. The summed E-state index contributed by atoms with van der Waals surface area (Å²) in [5, 5.41) is 12.2. The number of hydrogen-bond donors (Lipinski definition) is 2. The Morgan fingerprint density at radius 1 is 0.986 bits per heavy atom. The van der Waals surface area contributed by atoms with E-state index in [9.17, 15) is 37.6 Å². The van der Waals surface area contributed by atoms with Gasteiger partial charge in [0.05, 0.1) is 51.6 Å². The van der Waals surface area contributed by atoms with Crippen LogP contribution in [0.15, 0.2) is 72.2 Å². The molecule has 3 amide bonds. The number of nitriles is 1. The molecule has 1 aromatic heterocycles. The van der Waals surface area contributed by atoms with Gasteiger partial charge < -0.3 is 35.2 Å². The Morgan fingerprint density at radius 2 is 1.66 bits per heavy atom. The van der Waals surface area contributed by atoms with Gasteiger partial charge in [-0.05, 0) is 137 Å². The van der Waals surface area contributed by atoms with Crippen molar-refractivity contribution >= 4 is 63.5 Å². The standard InChI is InChI=1S/C54H65F3N8O6S2/c1-34-47(73-33-60-34)38-11-8-35(9-12-38)10-19-45(66)44-28-40(59)31-63(44)49(68)48(52(2,3)4)61-46(67)32-71-26-7-25-70-27-24-62-22-20-37(21-23-62)36-13-16-41(17-14-36)65-51(72)64(50(69)53(65,5)6)42-18-15-39(30-58)43(29-42)54(55,56)57/h8-9,11-18,29,33,37,40,44,48H,7,10,19-28,31-32,59H2,1-6H3,(H,61,67)/t40-,44+,48-/m1/s1. The van der Waals surface area contributed by atoms with Crippen molar-refractivity contribution in [2.75, 3.05) is 62.4 Å². The number of piperidine rings is 1. The van der Waals surface area contributed by atoms with E-state index in [1.54, 1.807) is 41.1 Å². The molecule has 4 heterocycles. The summed E-state index contributed by atoms with van der Waals surface area (Å²) in [4.78, 5) is 66.6. The third-order valence-electron chi connectivity index (χ3n) is 14.0. The van der Waals surface area contributed by atoms with Gasteiger partial charge in [-0.2, -0.15) is 18.4 Å². The van der Waals surface area contributed by atoms with Crippen LogP contribution in [0.5, 0.6) is 0 Å². The number of alkyl halides is 3. The smallest absolute Gasteiger partial charge is 0.380 e. The Balaban J connectivity index is 0.793. The molecule has 14 nitrogen and oxygen atoms in total. The molecule has 0 bridgehead atoms. The van der Waals surface area contributed by atoms with Crippen molar-refractivity contribution < 1.29 is 41.8 Å². The van der Waals surface area contributed by atoms with E-state index >= 15 is 0 Å². The van der Waals surface area contributed by atoms with Crippen molar-refractivity contribution in [3.63, 3.8) is 0 Å². The topological polar surface area (TPSA) is 174 Å². The number of ketones is 1. The Labute approximate surface area is 435 Å². The highest BCUT2D eigenvalue weighted by molar-refractivity contribution is 7.81. The lowest BCUT2D eigenvalue weighted by molar-refractivity contribution is -0.144. The molecule has 3 N–H and O–H groups in total. The number of ether oxygens (including phenoxy) is 2. The van der Waals surface area contributed by atoms with Crippen molar-refractivity contribution in [3.05, 3.63) is 100 Å². The van der Waals surface area contributed by atoms with Gasteiger partial charge >= 0.3 is 6.18 Å². The van der Waals surface area contributed by atoms with Gasteiger partial charge in [0.2, 0.25) is 11.8 Å². The number of thiazole rings is 1. The maximum atomic E-state index is 14.1. The van der Waals surface area contributed by atoms with Crippen LogP contribution in [0.2, 0.25) is 0 Å². The molecule has 0 unspecified atom stereocenters. The zero-order chi connectivity index (χ0) is 52.8. The number of carbonyl (C=O) groups is 4. The molecule has 73 heavy (non-hydrogen) atoms. The summed E-state index contributed by atoms with van der Waals surface area (Å²) in [5.41, 5.74) is 9.48. The first kappa shape index (κ1) is 55.1. The molecular weight excluding hydrogens is 978 g/mol. The number of nitrogens with zero attached hydrogens (tertiary/aromatic N) is 6. The van der Waals surface area contributed by atoms with Crippen molar-refractivity contribution in [3.8, 4) is 16.5 Å². The van der Waals surface area contributed by atoms with E-state index in [2.05, 4.69) is 15.2 Å². The van der Waals surface area contributed by atoms with E-state index in [1.165, 1.54) is 6.07 Å². The molecule has 3 aliphatic heterocycles. The highest BCUT2D eigenvalue weighted by Crippen LogP contribution is 2.41. The Kier molecular flexibility index (Phi) is 17.6. The largest absolute Gasteiger partial charge is 0.417 e. The number of aryl methyl sites for hydroxylation is 2. The van der Waals surface area contributed by atoms with E-state index < -0.39 is 52.2 Å². The minimum Gasteiger partial charge on any atom is -0.380 e. The van der Waals surface area contributed by atoms with Gasteiger partial charge in [-0.1, -0.05) is 57.2 Å². The van der Waals surface area contributed by atoms with Crippen LogP contribution in [0.1, 0.15) is 101 Å². The van der Waals surface area contributed by atoms with Crippen molar-refractivity contribution in [1.82, 2.24) is 20.1 Å². The molecule has 3 atom stereocenters. The summed E-state index contributed by atoms with van der Waals surface area (Å²) in [6.07, 6.45) is -1.16. The predicted molar refractivity (Wildman–Crippen MR) is 279 cm³/mol. The lowest BCUT2D eigenvalue weighted by Crippen LogP contribution is -2.57. The quantitative estimate of drug-likeness (QED) is 0.0682. The fourth-order valence-corrected chi connectivity index (χ4v) is 11.2. The summed E-state index contributed by atoms with van der Waals surface area (Å²) in [5.74, 6) is -0.962. The van der Waals surface area contributed by atoms with Crippen LogP contribution in [0.3, 0.4) is 0 Å². The molecule has 0 aliphatic carbocycles. The minimum absolute atomic E-state index is 0.0489. The third kappa shape index (κ3) is 13.0. The monoisotopic (exact) mass is 1040 g/mol. The van der Waals surface area contributed by atoms with Gasteiger partial charge in [0.25, 0.3) is 5.91 Å². The summed E-state index contributed by atoms with van der Waals surface area (Å²) in [6.45, 7) is 14.8. The Morgan fingerprint density at radius 3 is 2.29 bits per heavy atom. The molecule has 3 fully saturated rings. The number of thiocarbonyl (C=S) groups is 1. The molecule has 0 saturated carbocycles. The second-order valence-corrected chi connectivity index (χ2v) is 21.9. The van der Waals surface area contributed by atoms with Gasteiger partial charge in [0, 0.05) is 44.5 Å². The lowest BCUT2D eigenvalue weighted by atomic mass is 9.85. The first-order chi connectivity index (χ1) is 34.6. The Hall–Kier alpha value is -5.62. The second kappa shape index (κ2) is 23.3. The van der Waals surface area contributed by atoms with Crippen molar-refractivity contribution in [2.45, 2.75) is 116 Å². The number of hydrogen-bond acceptors (Lipinski definition) is 12. The van der Waals surface area contributed by atoms with Crippen LogP contribution in [-0.4, -0.2) is 120 Å². The lowest BCUT2D eigenvalue weighted by Gasteiger charge is -2.35. The van der Waals surface area contributed by atoms with Gasteiger partial charge in [-0.15, -0.1) is 11.3 Å². The fourth-order valence-electron chi connectivity index (χ4n) is 9.84. The SMILES string of the molecule is Cc1ncsc1-c1ccc(CCC(=O)[C@@H]2C[C@@H](N)CN2C(=O)[C@@H](NC(=O)COCCCOCCN2CCC(c3ccc(N4C(=S)N(c5ccc(C#N)c(C(F)(F)F)c5)C(=O)C4(C)C)cc3)CC2)C(C)(C)C)cc1. The number of rotatable bonds is 19. The molecule has 3 saturated heterocycles. The number of amides is 3. The number of likely N-dealkylation sites (tertiary alicyclic amines) is 2. The van der Waals surface area contributed by atoms with E-state index in [0.29, 0.717) is 50.7 Å². The number of aromatic nitrogens is 1. The van der Waals surface area contributed by atoms with Crippen LogP contribution in [-0.2, 0) is 41.2 Å². The van der Waals surface area contributed by atoms with Crippen LogP contribution in [0, 0.1) is 23.7 Å². The molecule has 7 rings (SSSR count). The van der Waals surface area contributed by atoms with Crippen LogP contribution in [0.4, 0.5) is 24.5 Å². The highest BCUT2D eigenvalue weighted by atomic mass is 32.1. The highest BCUT2D eigenvalue weighted by Gasteiger charge is 2.51. The summed E-state index contributed by atoms with van der Waals surface area (Å²) in [6, 6.07) is 18.8. The average Bonchev–Trinajstić information content (AvgIpc) is 4.02. The predicted octanol–water partition coefficient (Wildman–Crippen LogP) is 8.19. The molecule has 19 heteroatoms. The number of anilines is 2. The van der Waals surface area contributed by atoms with E-state index in [0.717, 1.165) is 76.8 Å². The van der Waals surface area contributed by atoms with E-state index in [4.69, 9.17) is 27.4 Å². The summed E-state index contributed by atoms with van der Waals surface area (Å²) >= 11 is 7.30. The number of Topliss-reactive ketones (excluding diaryl/α,β-unsaturated/α-hetero) is 1. The zero-order valence-corrected chi connectivity index (χ0v) is 43.9. The zero-order valence-electron chi connectivity index (χ0n) is 42.3. The number of nitrogens with two attached hydrogens (primary N) is 1. The summed E-state index contributed by atoms with van der Waals surface area (Å²) in [7, 11) is 0. The van der Waals surface area contributed by atoms with Gasteiger partial charge in [0.1, 0.15) is 18.2 Å². The Bertz CT molecular complexity index is 2680. The molecule has 3 aliphatic rings. The van der Waals surface area contributed by atoms with Crippen molar-refractivity contribution in [1.29, 1.82) is 5.26 Å². The van der Waals surface area contributed by atoms with Crippen LogP contribution in [0.25, 0.3) is 10.4 Å². The number of halogens is 3. The maximum absolute atomic E-state index is 14.1. The molecular formula is C54H65F3N8O6S2. The van der Waals surface area contributed by atoms with Crippen LogP contribution >= 0.6 is 23.6 Å². The second-order valence-electron chi connectivity index (χ2n) is 20.7. The number of nitrogens with one attached hydrogen (secondary N) is 1. The van der Waals surface area contributed by atoms with Gasteiger partial charge in [-0.3, -0.25) is 24.1 Å². The van der Waals surface area contributed by atoms with E-state index in [1.807, 2.05) is 81.7 Å². The molecule has 4 aromatic rings. The first-order valence-corrected chi connectivity index (χ1v) is 26.0. The van der Waals surface area contributed by atoms with Gasteiger partial charge in [-0.25, -0.2) is 4.98 Å². The van der Waals surface area contributed by atoms with Gasteiger partial charge in [0.15, 0.2) is 10.9 Å². The average molecular weight is 1040 g/mol. The molecule has 3 aromatic carbocycles. The molecule has 0 spiro atoms. The number of benzene rings is 3. The van der Waals surface area contributed by atoms with Crippen LogP contribution < -0.4 is 20.9 Å². The molecule has 390 valence electrons. The fraction of sp³-hybridized carbons (Fsp3) is 0.500. The van der Waals surface area contributed by atoms with Crippen molar-refractivity contribution in [2.24, 2.45) is 11.1 Å². The maximum Gasteiger partial charge on any atom is 0.417 e. The van der Waals surface area contributed by atoms with E-state index in [-0.39, 0.29) is 48.1 Å².